The number of methoxy groups -OCH3 is 1. The van der Waals surface area contributed by atoms with Gasteiger partial charge in [0, 0.05) is 5.69 Å². The molecule has 0 aliphatic rings. The predicted octanol–water partition coefficient (Wildman–Crippen LogP) is 3.61. The summed E-state index contributed by atoms with van der Waals surface area (Å²) in [4.78, 5) is 12.4. The van der Waals surface area contributed by atoms with Gasteiger partial charge in [0.15, 0.2) is 11.5 Å². The fourth-order valence-corrected chi connectivity index (χ4v) is 2.06. The molecule has 0 aromatic heterocycles. The molecule has 2 aromatic carbocycles. The Bertz CT molecular complexity index is 755. The van der Waals surface area contributed by atoms with E-state index < -0.39 is 12.5 Å². The highest BCUT2D eigenvalue weighted by Crippen LogP contribution is 2.33. The number of anilines is 1. The van der Waals surface area contributed by atoms with Crippen LogP contribution in [0.5, 0.6) is 11.5 Å². The Labute approximate surface area is 137 Å². The maximum Gasteiger partial charge on any atom is 0.387 e. The molecule has 0 aliphatic heterocycles. The van der Waals surface area contributed by atoms with Crippen LogP contribution in [0.3, 0.4) is 0 Å². The van der Waals surface area contributed by atoms with Gasteiger partial charge in [0.25, 0.3) is 5.91 Å². The number of benzene rings is 2. The van der Waals surface area contributed by atoms with Crippen LogP contribution in [0.15, 0.2) is 42.5 Å². The van der Waals surface area contributed by atoms with Crippen LogP contribution in [0.4, 0.5) is 14.5 Å². The third-order valence-corrected chi connectivity index (χ3v) is 3.15. The number of halogens is 2. The molecule has 0 atom stereocenters. The number of para-hydroxylation sites is 1. The zero-order chi connectivity index (χ0) is 17.5. The third kappa shape index (κ3) is 4.20. The smallest absolute Gasteiger partial charge is 0.387 e. The number of hydrogen-bond acceptors (Lipinski definition) is 4. The minimum Gasteiger partial charge on any atom is -0.493 e. The number of rotatable bonds is 6. The van der Waals surface area contributed by atoms with Crippen molar-refractivity contribution in [2.75, 3.05) is 12.4 Å². The standard InChI is InChI=1S/C17H14F2N2O3/c1-23-14-4-2-3-13(15(14)24-17(18)19)16(22)21-12-7-5-11(6-8-12)9-10-20/h2-8,17H,9H2,1H3,(H,21,22). The van der Waals surface area contributed by atoms with Gasteiger partial charge >= 0.3 is 6.61 Å². The number of alkyl halides is 2. The van der Waals surface area contributed by atoms with Crippen molar-refractivity contribution in [3.8, 4) is 17.6 Å². The molecule has 0 saturated carbocycles. The van der Waals surface area contributed by atoms with Crippen LogP contribution < -0.4 is 14.8 Å². The lowest BCUT2D eigenvalue weighted by Gasteiger charge is -2.14. The molecular formula is C17H14F2N2O3. The van der Waals surface area contributed by atoms with Crippen molar-refractivity contribution in [2.24, 2.45) is 0 Å². The minimum absolute atomic E-state index is 0.0346. The summed E-state index contributed by atoms with van der Waals surface area (Å²) in [5.74, 6) is -0.904. The fraction of sp³-hybridized carbons (Fsp3) is 0.176. The molecule has 1 N–H and O–H groups in total. The molecule has 2 aromatic rings. The maximum absolute atomic E-state index is 12.6. The second kappa shape index (κ2) is 7.92. The summed E-state index contributed by atoms with van der Waals surface area (Å²) in [7, 11) is 1.29. The Morgan fingerprint density at radius 2 is 1.96 bits per heavy atom. The number of nitriles is 1. The van der Waals surface area contributed by atoms with Gasteiger partial charge in [-0.2, -0.15) is 14.0 Å². The number of hydrogen-bond donors (Lipinski definition) is 1. The summed E-state index contributed by atoms with van der Waals surface area (Å²) in [6.07, 6.45) is 0.260. The van der Waals surface area contributed by atoms with Crippen molar-refractivity contribution in [1.82, 2.24) is 0 Å². The van der Waals surface area contributed by atoms with Gasteiger partial charge in [-0.3, -0.25) is 4.79 Å². The first-order valence-corrected chi connectivity index (χ1v) is 6.94. The van der Waals surface area contributed by atoms with Crippen molar-refractivity contribution in [1.29, 1.82) is 5.26 Å². The Kier molecular flexibility index (Phi) is 5.68. The molecule has 0 bridgehead atoms. The van der Waals surface area contributed by atoms with Gasteiger partial charge < -0.3 is 14.8 Å². The van der Waals surface area contributed by atoms with E-state index in [2.05, 4.69) is 10.1 Å². The molecule has 0 saturated heterocycles. The summed E-state index contributed by atoms with van der Waals surface area (Å²) < 4.78 is 34.6. The minimum atomic E-state index is -3.09. The lowest BCUT2D eigenvalue weighted by molar-refractivity contribution is -0.0515. The molecule has 7 heteroatoms. The van der Waals surface area contributed by atoms with E-state index in [1.54, 1.807) is 24.3 Å². The molecule has 1 amide bonds. The number of carbonyl (C=O) groups is 1. The second-order valence-electron chi connectivity index (χ2n) is 4.70. The molecule has 124 valence electrons. The average molecular weight is 332 g/mol. The molecule has 0 aliphatic carbocycles. The van der Waals surface area contributed by atoms with E-state index >= 15 is 0 Å². The van der Waals surface area contributed by atoms with Crippen molar-refractivity contribution >= 4 is 11.6 Å². The van der Waals surface area contributed by atoms with Crippen LogP contribution in [-0.2, 0) is 6.42 Å². The molecule has 2 rings (SSSR count). The number of nitrogens with one attached hydrogen (secondary N) is 1. The van der Waals surface area contributed by atoms with Crippen LogP contribution in [0.2, 0.25) is 0 Å². The molecule has 24 heavy (non-hydrogen) atoms. The number of carbonyl (C=O) groups excluding carboxylic acids is 1. The summed E-state index contributed by atoms with van der Waals surface area (Å²) >= 11 is 0. The Morgan fingerprint density at radius 3 is 2.54 bits per heavy atom. The number of nitrogens with zero attached hydrogens (tertiary/aromatic N) is 1. The highest BCUT2D eigenvalue weighted by Gasteiger charge is 2.20. The molecule has 0 spiro atoms. The van der Waals surface area contributed by atoms with Crippen LogP contribution in [0.25, 0.3) is 0 Å². The number of amides is 1. The molecule has 0 fully saturated rings. The Hall–Kier alpha value is -3.14. The van der Waals surface area contributed by atoms with E-state index in [0.29, 0.717) is 5.69 Å². The van der Waals surface area contributed by atoms with E-state index in [0.717, 1.165) is 5.56 Å². The molecule has 5 nitrogen and oxygen atoms in total. The number of ether oxygens (including phenoxy) is 2. The van der Waals surface area contributed by atoms with E-state index in [1.165, 1.54) is 25.3 Å². The first-order chi connectivity index (χ1) is 11.5. The predicted molar refractivity (Wildman–Crippen MR) is 83.3 cm³/mol. The maximum atomic E-state index is 12.6. The third-order valence-electron chi connectivity index (χ3n) is 3.15. The van der Waals surface area contributed by atoms with Crippen LogP contribution in [-0.4, -0.2) is 19.6 Å². The quantitative estimate of drug-likeness (QED) is 0.877. The van der Waals surface area contributed by atoms with Gasteiger partial charge in [0.1, 0.15) is 0 Å². The second-order valence-corrected chi connectivity index (χ2v) is 4.70. The summed E-state index contributed by atoms with van der Waals surface area (Å²) in [6, 6.07) is 12.9. The van der Waals surface area contributed by atoms with Crippen molar-refractivity contribution in [3.05, 3.63) is 53.6 Å². The Balaban J connectivity index is 2.24. The van der Waals surface area contributed by atoms with E-state index in [1.807, 2.05) is 6.07 Å². The normalized spacial score (nSPS) is 10.1. The first kappa shape index (κ1) is 17.2. The summed E-state index contributed by atoms with van der Waals surface area (Å²) in [5, 5.41) is 11.2. The largest absolute Gasteiger partial charge is 0.493 e. The van der Waals surface area contributed by atoms with E-state index in [9.17, 15) is 13.6 Å². The molecule has 0 unspecified atom stereocenters. The zero-order valence-electron chi connectivity index (χ0n) is 12.8. The van der Waals surface area contributed by atoms with Gasteiger partial charge in [0.05, 0.1) is 25.2 Å². The summed E-state index contributed by atoms with van der Waals surface area (Å²) in [5.41, 5.74) is 1.20. The molecular weight excluding hydrogens is 318 g/mol. The molecule has 0 radical (unpaired) electrons. The molecule has 0 heterocycles. The SMILES string of the molecule is COc1cccc(C(=O)Nc2ccc(CC#N)cc2)c1OC(F)F. The lowest BCUT2D eigenvalue weighted by atomic mass is 10.1. The van der Waals surface area contributed by atoms with Gasteiger partial charge in [0.2, 0.25) is 0 Å². The van der Waals surface area contributed by atoms with Crippen molar-refractivity contribution in [2.45, 2.75) is 13.0 Å². The van der Waals surface area contributed by atoms with Gasteiger partial charge in [-0.1, -0.05) is 18.2 Å². The zero-order valence-corrected chi connectivity index (χ0v) is 12.8. The fourth-order valence-electron chi connectivity index (χ4n) is 2.06. The Morgan fingerprint density at radius 1 is 1.25 bits per heavy atom. The monoisotopic (exact) mass is 332 g/mol. The van der Waals surface area contributed by atoms with Crippen LogP contribution in [0, 0.1) is 11.3 Å². The summed E-state index contributed by atoms with van der Waals surface area (Å²) in [6.45, 7) is -3.09. The highest BCUT2D eigenvalue weighted by atomic mass is 19.3. The van der Waals surface area contributed by atoms with Gasteiger partial charge in [-0.25, -0.2) is 0 Å². The van der Waals surface area contributed by atoms with Gasteiger partial charge in [-0.05, 0) is 29.8 Å². The average Bonchev–Trinajstić information content (AvgIpc) is 2.56. The lowest BCUT2D eigenvalue weighted by Crippen LogP contribution is -2.15. The van der Waals surface area contributed by atoms with Crippen molar-refractivity contribution < 1.29 is 23.0 Å². The highest BCUT2D eigenvalue weighted by molar-refractivity contribution is 6.06. The van der Waals surface area contributed by atoms with Crippen LogP contribution in [0.1, 0.15) is 15.9 Å². The van der Waals surface area contributed by atoms with Crippen molar-refractivity contribution in [3.63, 3.8) is 0 Å². The topological polar surface area (TPSA) is 71.3 Å². The van der Waals surface area contributed by atoms with Gasteiger partial charge in [-0.15, -0.1) is 0 Å². The first-order valence-electron chi connectivity index (χ1n) is 6.94. The van der Waals surface area contributed by atoms with E-state index in [4.69, 9.17) is 10.00 Å². The van der Waals surface area contributed by atoms with E-state index in [-0.39, 0.29) is 23.5 Å². The van der Waals surface area contributed by atoms with Crippen LogP contribution >= 0.6 is 0 Å².